The maximum absolute atomic E-state index is 13.2. The first-order valence-corrected chi connectivity index (χ1v) is 11.1. The van der Waals surface area contributed by atoms with E-state index in [9.17, 15) is 24.0 Å². The number of benzene rings is 1. The first-order chi connectivity index (χ1) is 15.6. The molecule has 9 heteroatoms. The van der Waals surface area contributed by atoms with Crippen molar-refractivity contribution < 1.29 is 28.7 Å². The van der Waals surface area contributed by atoms with E-state index in [4.69, 9.17) is 4.74 Å². The first-order valence-electron chi connectivity index (χ1n) is 11.1. The second kappa shape index (κ2) is 8.46. The van der Waals surface area contributed by atoms with Crippen molar-refractivity contribution in [3.63, 3.8) is 0 Å². The van der Waals surface area contributed by atoms with E-state index in [2.05, 4.69) is 5.32 Å². The minimum atomic E-state index is -1.19. The molecule has 4 rings (SSSR count). The number of amides is 4. The number of esters is 1. The lowest BCUT2D eigenvalue weighted by molar-refractivity contribution is -0.155. The SMILES string of the molecule is CC(OC(=O)CCN1C(=O)C2CC=CCC2C1=O)C(=O)N1c2ccccc2NC(=O)C1(C)C. The maximum atomic E-state index is 13.2. The van der Waals surface area contributed by atoms with Gasteiger partial charge in [-0.05, 0) is 45.7 Å². The molecular weight excluding hydrogens is 426 g/mol. The number of imide groups is 1. The highest BCUT2D eigenvalue weighted by Crippen LogP contribution is 2.37. The predicted octanol–water partition coefficient (Wildman–Crippen LogP) is 2.02. The third-order valence-electron chi connectivity index (χ3n) is 6.52. The lowest BCUT2D eigenvalue weighted by Gasteiger charge is -2.42. The normalized spacial score (nSPS) is 24.2. The maximum Gasteiger partial charge on any atom is 0.308 e. The van der Waals surface area contributed by atoms with Gasteiger partial charge in [-0.2, -0.15) is 0 Å². The number of hydrogen-bond acceptors (Lipinski definition) is 6. The molecule has 0 aromatic heterocycles. The highest BCUT2D eigenvalue weighted by atomic mass is 16.5. The van der Waals surface area contributed by atoms with Gasteiger partial charge in [0.1, 0.15) is 5.54 Å². The van der Waals surface area contributed by atoms with Crippen LogP contribution in [0.1, 0.15) is 40.0 Å². The third kappa shape index (κ3) is 3.92. The van der Waals surface area contributed by atoms with E-state index in [-0.39, 0.29) is 42.5 Å². The molecule has 3 atom stereocenters. The number of carbonyl (C=O) groups excluding carboxylic acids is 5. The van der Waals surface area contributed by atoms with Crippen molar-refractivity contribution >= 4 is 41.0 Å². The molecule has 1 saturated heterocycles. The summed E-state index contributed by atoms with van der Waals surface area (Å²) in [5, 5.41) is 2.78. The largest absolute Gasteiger partial charge is 0.452 e. The van der Waals surface area contributed by atoms with Crippen LogP contribution in [0, 0.1) is 11.8 Å². The van der Waals surface area contributed by atoms with Gasteiger partial charge < -0.3 is 10.1 Å². The van der Waals surface area contributed by atoms with E-state index in [1.54, 1.807) is 38.1 Å². The van der Waals surface area contributed by atoms with Gasteiger partial charge in [0.15, 0.2) is 6.10 Å². The lowest BCUT2D eigenvalue weighted by atomic mass is 9.85. The van der Waals surface area contributed by atoms with Crippen LogP contribution < -0.4 is 10.2 Å². The molecule has 0 spiro atoms. The average molecular weight is 453 g/mol. The number of likely N-dealkylation sites (tertiary alicyclic amines) is 1. The minimum Gasteiger partial charge on any atom is -0.452 e. The number of allylic oxidation sites excluding steroid dienone is 2. The molecule has 0 saturated carbocycles. The summed E-state index contributed by atoms with van der Waals surface area (Å²) in [5.41, 5.74) is -0.180. The van der Waals surface area contributed by atoms with Crippen LogP contribution in [0.2, 0.25) is 0 Å². The highest BCUT2D eigenvalue weighted by molar-refractivity contribution is 6.15. The quantitative estimate of drug-likeness (QED) is 0.415. The van der Waals surface area contributed by atoms with Gasteiger partial charge in [-0.15, -0.1) is 0 Å². The molecule has 2 aliphatic heterocycles. The van der Waals surface area contributed by atoms with Crippen LogP contribution in [0.25, 0.3) is 0 Å². The van der Waals surface area contributed by atoms with Crippen LogP contribution >= 0.6 is 0 Å². The first kappa shape index (κ1) is 22.7. The molecule has 0 radical (unpaired) electrons. The molecule has 1 N–H and O–H groups in total. The third-order valence-corrected chi connectivity index (χ3v) is 6.52. The Labute approximate surface area is 191 Å². The predicted molar refractivity (Wildman–Crippen MR) is 119 cm³/mol. The Morgan fingerprint density at radius 2 is 1.70 bits per heavy atom. The highest BCUT2D eigenvalue weighted by Gasteiger charge is 2.47. The van der Waals surface area contributed by atoms with Crippen molar-refractivity contribution in [3.8, 4) is 0 Å². The summed E-state index contributed by atoms with van der Waals surface area (Å²) in [6.45, 7) is 4.59. The summed E-state index contributed by atoms with van der Waals surface area (Å²) in [5.74, 6) is -2.82. The molecule has 3 unspecified atom stereocenters. The van der Waals surface area contributed by atoms with Gasteiger partial charge in [-0.25, -0.2) is 0 Å². The van der Waals surface area contributed by atoms with Gasteiger partial charge in [-0.1, -0.05) is 24.3 Å². The van der Waals surface area contributed by atoms with Gasteiger partial charge in [0, 0.05) is 6.54 Å². The van der Waals surface area contributed by atoms with Crippen LogP contribution in [0.3, 0.4) is 0 Å². The summed E-state index contributed by atoms with van der Waals surface area (Å²) in [7, 11) is 0. The number of hydrogen-bond donors (Lipinski definition) is 1. The summed E-state index contributed by atoms with van der Waals surface area (Å²) in [6.07, 6.45) is 3.50. The molecule has 33 heavy (non-hydrogen) atoms. The van der Waals surface area contributed by atoms with Crippen LogP contribution in [0.15, 0.2) is 36.4 Å². The van der Waals surface area contributed by atoms with Crippen molar-refractivity contribution in [2.45, 2.75) is 51.7 Å². The van der Waals surface area contributed by atoms with E-state index in [0.717, 1.165) is 4.90 Å². The molecule has 1 aliphatic carbocycles. The summed E-state index contributed by atoms with van der Waals surface area (Å²) in [6, 6.07) is 6.90. The van der Waals surface area contributed by atoms with E-state index in [1.807, 2.05) is 12.2 Å². The van der Waals surface area contributed by atoms with Crippen LogP contribution in [-0.2, 0) is 28.7 Å². The fourth-order valence-electron chi connectivity index (χ4n) is 4.63. The Balaban J connectivity index is 1.40. The Hall–Kier alpha value is -3.49. The molecular formula is C24H27N3O6. The second-order valence-corrected chi connectivity index (χ2v) is 9.07. The Bertz CT molecular complexity index is 1040. The molecule has 9 nitrogen and oxygen atoms in total. The molecule has 174 valence electrons. The van der Waals surface area contributed by atoms with Gasteiger partial charge in [-0.3, -0.25) is 33.8 Å². The zero-order valence-electron chi connectivity index (χ0n) is 18.9. The zero-order chi connectivity index (χ0) is 23.9. The van der Waals surface area contributed by atoms with E-state index in [0.29, 0.717) is 24.2 Å². The number of anilines is 2. The molecule has 3 aliphatic rings. The second-order valence-electron chi connectivity index (χ2n) is 9.07. The molecule has 0 bridgehead atoms. The molecule has 4 amide bonds. The van der Waals surface area contributed by atoms with Gasteiger partial charge in [0.05, 0.1) is 29.6 Å². The molecule has 2 heterocycles. The van der Waals surface area contributed by atoms with Crippen molar-refractivity contribution in [3.05, 3.63) is 36.4 Å². The number of nitrogens with one attached hydrogen (secondary N) is 1. The lowest BCUT2D eigenvalue weighted by Crippen LogP contribution is -2.60. The van der Waals surface area contributed by atoms with E-state index >= 15 is 0 Å². The number of nitrogens with zero attached hydrogens (tertiary/aromatic N) is 2. The Morgan fingerprint density at radius 3 is 2.33 bits per heavy atom. The molecule has 1 fully saturated rings. The van der Waals surface area contributed by atoms with E-state index in [1.165, 1.54) is 11.8 Å². The standard InChI is InChI=1S/C24H27N3O6/c1-14(20(29)27-18-11-7-6-10-17(18)25-23(32)24(27,2)3)33-19(28)12-13-26-21(30)15-8-4-5-9-16(15)22(26)31/h4-7,10-11,14-16H,8-9,12-13H2,1-3H3,(H,25,32). The number of ether oxygens (including phenoxy) is 1. The summed E-state index contributed by atoms with van der Waals surface area (Å²) in [4.78, 5) is 65.8. The van der Waals surface area contributed by atoms with Crippen LogP contribution in [0.5, 0.6) is 0 Å². The van der Waals surface area contributed by atoms with Gasteiger partial charge in [0.2, 0.25) is 17.7 Å². The minimum absolute atomic E-state index is 0.0785. The monoisotopic (exact) mass is 453 g/mol. The number of carbonyl (C=O) groups is 5. The van der Waals surface area contributed by atoms with Crippen LogP contribution in [-0.4, -0.2) is 52.7 Å². The Morgan fingerprint density at radius 1 is 1.09 bits per heavy atom. The molecule has 1 aromatic rings. The number of para-hydroxylation sites is 2. The molecule has 1 aromatic carbocycles. The summed E-state index contributed by atoms with van der Waals surface area (Å²) >= 11 is 0. The number of fused-ring (bicyclic) bond motifs is 2. The van der Waals surface area contributed by atoms with Gasteiger partial charge >= 0.3 is 5.97 Å². The summed E-state index contributed by atoms with van der Waals surface area (Å²) < 4.78 is 5.33. The fraction of sp³-hybridized carbons (Fsp3) is 0.458. The smallest absolute Gasteiger partial charge is 0.308 e. The average Bonchev–Trinajstić information content (AvgIpc) is 3.02. The van der Waals surface area contributed by atoms with Crippen molar-refractivity contribution in [1.82, 2.24) is 4.90 Å². The van der Waals surface area contributed by atoms with Crippen molar-refractivity contribution in [2.75, 3.05) is 16.8 Å². The van der Waals surface area contributed by atoms with Crippen molar-refractivity contribution in [2.24, 2.45) is 11.8 Å². The Kier molecular flexibility index (Phi) is 5.82. The topological polar surface area (TPSA) is 113 Å². The van der Waals surface area contributed by atoms with Crippen LogP contribution in [0.4, 0.5) is 11.4 Å². The van der Waals surface area contributed by atoms with Crippen molar-refractivity contribution in [1.29, 1.82) is 0 Å². The van der Waals surface area contributed by atoms with Gasteiger partial charge in [0.25, 0.3) is 5.91 Å². The fourth-order valence-corrected chi connectivity index (χ4v) is 4.63. The zero-order valence-corrected chi connectivity index (χ0v) is 18.9. The number of rotatable bonds is 5. The van der Waals surface area contributed by atoms with E-state index < -0.39 is 23.5 Å².